The number of nitrogens with zero attached hydrogens (tertiary/aromatic N) is 2. The molecule has 0 unspecified atom stereocenters. The van der Waals surface area contributed by atoms with Crippen LogP contribution < -0.4 is 0 Å². The summed E-state index contributed by atoms with van der Waals surface area (Å²) < 4.78 is 3.25. The molecule has 1 aromatic heterocycles. The Labute approximate surface area is 98.0 Å². The highest BCUT2D eigenvalue weighted by molar-refractivity contribution is 9.10. The number of halogens is 1. The predicted octanol–water partition coefficient (Wildman–Crippen LogP) is 2.50. The van der Waals surface area contributed by atoms with Crippen LogP contribution in [0, 0.1) is 0 Å². The van der Waals surface area contributed by atoms with Crippen LogP contribution in [0.4, 0.5) is 0 Å². The van der Waals surface area contributed by atoms with Gasteiger partial charge in [-0.25, -0.2) is 4.98 Å². The van der Waals surface area contributed by atoms with Gasteiger partial charge in [0.15, 0.2) is 0 Å². The third-order valence-electron chi connectivity index (χ3n) is 2.85. The number of fused-ring (bicyclic) bond motifs is 1. The lowest BCUT2D eigenvalue weighted by molar-refractivity contribution is -0.117. The van der Waals surface area contributed by atoms with Crippen molar-refractivity contribution in [3.05, 3.63) is 16.1 Å². The fourth-order valence-electron chi connectivity index (χ4n) is 2.05. The molecule has 2 rings (SSSR count). The lowest BCUT2D eigenvalue weighted by Crippen LogP contribution is -2.13. The standard InChI is InChI=1S/C11H15BrN2O/c1-8(15)5-6-10-13-11(12)9-4-2-3-7-14(9)10/h2-7H2,1H3. The molecule has 0 saturated carbocycles. The first-order chi connectivity index (χ1) is 7.18. The molecule has 0 atom stereocenters. The van der Waals surface area contributed by atoms with Crippen molar-refractivity contribution in [2.75, 3.05) is 0 Å². The van der Waals surface area contributed by atoms with Gasteiger partial charge < -0.3 is 9.36 Å². The second-order valence-electron chi connectivity index (χ2n) is 4.08. The van der Waals surface area contributed by atoms with E-state index in [1.54, 1.807) is 6.92 Å². The number of Topliss-reactive ketones (excluding diaryl/α,β-unsaturated/α-hetero) is 1. The highest BCUT2D eigenvalue weighted by Crippen LogP contribution is 2.25. The van der Waals surface area contributed by atoms with Gasteiger partial charge in [0.25, 0.3) is 0 Å². The topological polar surface area (TPSA) is 34.9 Å². The maximum Gasteiger partial charge on any atom is 0.130 e. The third kappa shape index (κ3) is 2.30. The van der Waals surface area contributed by atoms with Crippen LogP contribution in [0.5, 0.6) is 0 Å². The molecule has 0 spiro atoms. The molecule has 0 amide bonds. The van der Waals surface area contributed by atoms with Gasteiger partial charge >= 0.3 is 0 Å². The van der Waals surface area contributed by atoms with Crippen molar-refractivity contribution in [1.82, 2.24) is 9.55 Å². The molecule has 15 heavy (non-hydrogen) atoms. The molecule has 0 aromatic carbocycles. The summed E-state index contributed by atoms with van der Waals surface area (Å²) in [4.78, 5) is 15.4. The number of carbonyl (C=O) groups is 1. The molecular weight excluding hydrogens is 256 g/mol. The van der Waals surface area contributed by atoms with E-state index in [9.17, 15) is 4.79 Å². The van der Waals surface area contributed by atoms with Gasteiger partial charge in [-0.3, -0.25) is 0 Å². The largest absolute Gasteiger partial charge is 0.331 e. The van der Waals surface area contributed by atoms with Crippen LogP contribution in [0.25, 0.3) is 0 Å². The van der Waals surface area contributed by atoms with Crippen molar-refractivity contribution in [1.29, 1.82) is 0 Å². The summed E-state index contributed by atoms with van der Waals surface area (Å²) in [5.41, 5.74) is 1.31. The van der Waals surface area contributed by atoms with Gasteiger partial charge in [0.2, 0.25) is 0 Å². The van der Waals surface area contributed by atoms with Crippen molar-refractivity contribution in [3.8, 4) is 0 Å². The average Bonchev–Trinajstić information content (AvgIpc) is 2.54. The second kappa shape index (κ2) is 4.47. The van der Waals surface area contributed by atoms with Crippen molar-refractivity contribution in [2.45, 2.75) is 45.6 Å². The fourth-order valence-corrected chi connectivity index (χ4v) is 2.67. The molecule has 0 N–H and O–H groups in total. The lowest BCUT2D eigenvalue weighted by atomic mass is 10.1. The lowest BCUT2D eigenvalue weighted by Gasteiger charge is -2.16. The zero-order valence-electron chi connectivity index (χ0n) is 8.92. The monoisotopic (exact) mass is 270 g/mol. The zero-order chi connectivity index (χ0) is 10.8. The molecule has 2 heterocycles. The Morgan fingerprint density at radius 1 is 1.53 bits per heavy atom. The maximum atomic E-state index is 10.9. The normalized spacial score (nSPS) is 15.1. The third-order valence-corrected chi connectivity index (χ3v) is 3.48. The van der Waals surface area contributed by atoms with E-state index in [0.29, 0.717) is 6.42 Å². The Hall–Kier alpha value is -0.640. The Balaban J connectivity index is 2.20. The van der Waals surface area contributed by atoms with Gasteiger partial charge in [-0.1, -0.05) is 0 Å². The van der Waals surface area contributed by atoms with Gasteiger partial charge in [-0.05, 0) is 42.1 Å². The minimum Gasteiger partial charge on any atom is -0.331 e. The van der Waals surface area contributed by atoms with Crippen LogP contribution in [-0.2, 0) is 24.2 Å². The van der Waals surface area contributed by atoms with Gasteiger partial charge in [0.1, 0.15) is 16.2 Å². The van der Waals surface area contributed by atoms with Gasteiger partial charge in [-0.15, -0.1) is 0 Å². The molecule has 0 radical (unpaired) electrons. The molecule has 0 aliphatic carbocycles. The molecule has 1 aliphatic rings. The Kier molecular flexibility index (Phi) is 3.24. The van der Waals surface area contributed by atoms with Crippen molar-refractivity contribution in [2.24, 2.45) is 0 Å². The molecule has 0 fully saturated rings. The van der Waals surface area contributed by atoms with E-state index in [2.05, 4.69) is 25.5 Å². The zero-order valence-corrected chi connectivity index (χ0v) is 10.5. The summed E-state index contributed by atoms with van der Waals surface area (Å²) in [7, 11) is 0. The van der Waals surface area contributed by atoms with Gasteiger partial charge in [-0.2, -0.15) is 0 Å². The van der Waals surface area contributed by atoms with Crippen molar-refractivity contribution >= 4 is 21.7 Å². The Bertz CT molecular complexity index is 384. The highest BCUT2D eigenvalue weighted by atomic mass is 79.9. The minimum absolute atomic E-state index is 0.235. The summed E-state index contributed by atoms with van der Waals surface area (Å²) in [6.07, 6.45) is 4.95. The van der Waals surface area contributed by atoms with E-state index >= 15 is 0 Å². The van der Waals surface area contributed by atoms with E-state index in [1.165, 1.54) is 18.5 Å². The Morgan fingerprint density at radius 3 is 3.07 bits per heavy atom. The van der Waals surface area contributed by atoms with E-state index in [4.69, 9.17) is 0 Å². The molecule has 4 heteroatoms. The summed E-state index contributed by atoms with van der Waals surface area (Å²) in [5.74, 6) is 1.30. The quantitative estimate of drug-likeness (QED) is 0.846. The van der Waals surface area contributed by atoms with E-state index in [0.717, 1.165) is 29.8 Å². The number of aryl methyl sites for hydroxylation is 1. The van der Waals surface area contributed by atoms with Crippen LogP contribution in [0.3, 0.4) is 0 Å². The maximum absolute atomic E-state index is 10.9. The number of ketones is 1. The van der Waals surface area contributed by atoms with Crippen molar-refractivity contribution < 1.29 is 4.79 Å². The number of rotatable bonds is 3. The molecule has 0 bridgehead atoms. The van der Waals surface area contributed by atoms with Gasteiger partial charge in [0.05, 0.1) is 5.69 Å². The smallest absolute Gasteiger partial charge is 0.130 e. The predicted molar refractivity (Wildman–Crippen MR) is 61.9 cm³/mol. The first-order valence-corrected chi connectivity index (χ1v) is 6.21. The SMILES string of the molecule is CC(=O)CCc1nc(Br)c2n1CCCC2. The van der Waals surface area contributed by atoms with Crippen LogP contribution in [0.15, 0.2) is 4.60 Å². The molecule has 82 valence electrons. The summed E-state index contributed by atoms with van der Waals surface area (Å²) in [6.45, 7) is 2.69. The number of carbonyl (C=O) groups excluding carboxylic acids is 1. The number of imidazole rings is 1. The summed E-state index contributed by atoms with van der Waals surface area (Å²) >= 11 is 3.49. The van der Waals surface area contributed by atoms with Gasteiger partial charge in [0, 0.05) is 19.4 Å². The number of aromatic nitrogens is 2. The first-order valence-electron chi connectivity index (χ1n) is 5.41. The molecular formula is C11H15BrN2O. The van der Waals surface area contributed by atoms with Crippen LogP contribution in [-0.4, -0.2) is 15.3 Å². The highest BCUT2D eigenvalue weighted by Gasteiger charge is 2.18. The molecule has 3 nitrogen and oxygen atoms in total. The van der Waals surface area contributed by atoms with E-state index in [-0.39, 0.29) is 5.78 Å². The summed E-state index contributed by atoms with van der Waals surface area (Å²) in [5, 5.41) is 0. The molecule has 1 aliphatic heterocycles. The number of hydrogen-bond acceptors (Lipinski definition) is 2. The second-order valence-corrected chi connectivity index (χ2v) is 4.83. The van der Waals surface area contributed by atoms with E-state index in [1.807, 2.05) is 0 Å². The van der Waals surface area contributed by atoms with Crippen LogP contribution in [0.1, 0.15) is 37.7 Å². The summed E-state index contributed by atoms with van der Waals surface area (Å²) in [6, 6.07) is 0. The van der Waals surface area contributed by atoms with E-state index < -0.39 is 0 Å². The number of hydrogen-bond donors (Lipinski definition) is 0. The van der Waals surface area contributed by atoms with Crippen LogP contribution in [0.2, 0.25) is 0 Å². The molecule has 0 saturated heterocycles. The Morgan fingerprint density at radius 2 is 2.33 bits per heavy atom. The first kappa shape index (κ1) is 10.9. The average molecular weight is 271 g/mol. The van der Waals surface area contributed by atoms with Crippen LogP contribution >= 0.6 is 15.9 Å². The molecule has 1 aromatic rings. The minimum atomic E-state index is 0.235. The van der Waals surface area contributed by atoms with Crippen molar-refractivity contribution in [3.63, 3.8) is 0 Å². The fraction of sp³-hybridized carbons (Fsp3) is 0.636.